The van der Waals surface area contributed by atoms with Crippen molar-refractivity contribution < 1.29 is 9.90 Å². The maximum atomic E-state index is 11.9. The maximum absolute atomic E-state index is 11.9. The van der Waals surface area contributed by atoms with Gasteiger partial charge in [0.2, 0.25) is 0 Å². The number of carbonyl (C=O) groups is 1. The fraction of sp³-hybridized carbons (Fsp3) is 0.455. The second-order valence-electron chi connectivity index (χ2n) is 4.20. The van der Waals surface area contributed by atoms with Gasteiger partial charge in [-0.05, 0) is 18.2 Å². The van der Waals surface area contributed by atoms with Crippen molar-refractivity contribution in [2.45, 2.75) is 12.0 Å². The minimum absolute atomic E-state index is 0.208. The van der Waals surface area contributed by atoms with Crippen molar-refractivity contribution in [2.75, 3.05) is 18.1 Å². The highest BCUT2D eigenvalue weighted by molar-refractivity contribution is 7.99. The summed E-state index contributed by atoms with van der Waals surface area (Å²) in [6.45, 7) is 0.217. The number of thioether (sulfide) groups is 1. The molecule has 1 aliphatic heterocycles. The highest BCUT2D eigenvalue weighted by Gasteiger charge is 2.32. The number of aromatic nitrogens is 1. The van der Waals surface area contributed by atoms with E-state index in [0.717, 1.165) is 5.75 Å². The van der Waals surface area contributed by atoms with Gasteiger partial charge >= 0.3 is 0 Å². The number of nitrogens with one attached hydrogen (secondary N) is 1. The lowest BCUT2D eigenvalue weighted by molar-refractivity contribution is 0.0612. The molecule has 1 saturated heterocycles. The molecule has 2 N–H and O–H groups in total. The predicted octanol–water partition coefficient (Wildman–Crippen LogP) is 1.99. The second kappa shape index (κ2) is 5.65. The number of halogens is 2. The Bertz CT molecular complexity index is 464. The van der Waals surface area contributed by atoms with Crippen LogP contribution in [0.25, 0.3) is 0 Å². The van der Waals surface area contributed by atoms with Gasteiger partial charge in [-0.25, -0.2) is 4.98 Å². The molecule has 0 saturated carbocycles. The molecule has 0 spiro atoms. The molecule has 2 heterocycles. The summed E-state index contributed by atoms with van der Waals surface area (Å²) < 4.78 is 0. The van der Waals surface area contributed by atoms with E-state index in [9.17, 15) is 9.90 Å². The molecule has 4 nitrogen and oxygen atoms in total. The van der Waals surface area contributed by atoms with E-state index in [1.54, 1.807) is 11.8 Å². The first kappa shape index (κ1) is 13.9. The second-order valence-corrected chi connectivity index (χ2v) is 6.10. The fourth-order valence-corrected chi connectivity index (χ4v) is 3.31. The van der Waals surface area contributed by atoms with E-state index >= 15 is 0 Å². The molecule has 1 aromatic rings. The molecule has 0 unspecified atom stereocenters. The molecular weight excluding hydrogens is 295 g/mol. The predicted molar refractivity (Wildman–Crippen MR) is 73.5 cm³/mol. The number of hydrogen-bond acceptors (Lipinski definition) is 4. The Morgan fingerprint density at radius 3 is 3.06 bits per heavy atom. The Hall–Kier alpha value is -0.490. The third kappa shape index (κ3) is 3.29. The molecule has 98 valence electrons. The number of hydrogen-bond donors (Lipinski definition) is 2. The van der Waals surface area contributed by atoms with Crippen LogP contribution in [0.2, 0.25) is 10.2 Å². The van der Waals surface area contributed by atoms with E-state index in [1.165, 1.54) is 12.3 Å². The van der Waals surface area contributed by atoms with Crippen molar-refractivity contribution in [1.29, 1.82) is 0 Å². The molecule has 7 heteroatoms. The summed E-state index contributed by atoms with van der Waals surface area (Å²) in [6.07, 6.45) is 2.02. The Kier molecular flexibility index (Phi) is 4.37. The van der Waals surface area contributed by atoms with E-state index in [-0.39, 0.29) is 28.2 Å². The Labute approximate surface area is 119 Å². The van der Waals surface area contributed by atoms with Crippen LogP contribution in [-0.2, 0) is 0 Å². The van der Waals surface area contributed by atoms with Crippen molar-refractivity contribution in [1.82, 2.24) is 10.3 Å². The standard InChI is InChI=1S/C11H12Cl2N2O2S/c12-8-4-14-9(13)3-7(8)10(16)15-5-11(17)1-2-18-6-11/h3-4,17H,1-2,5-6H2,(H,15,16)/t11-/m0/s1. The molecule has 1 atom stereocenters. The molecular formula is C11H12Cl2N2O2S. The molecule has 1 amide bonds. The average Bonchev–Trinajstić information content (AvgIpc) is 2.77. The molecule has 1 fully saturated rings. The van der Waals surface area contributed by atoms with Crippen LogP contribution in [0.1, 0.15) is 16.8 Å². The summed E-state index contributed by atoms with van der Waals surface area (Å²) in [4.78, 5) is 15.7. The largest absolute Gasteiger partial charge is 0.387 e. The van der Waals surface area contributed by atoms with Crippen LogP contribution >= 0.6 is 35.0 Å². The Morgan fingerprint density at radius 1 is 1.61 bits per heavy atom. The zero-order valence-electron chi connectivity index (χ0n) is 9.45. The monoisotopic (exact) mass is 306 g/mol. The van der Waals surface area contributed by atoms with E-state index in [4.69, 9.17) is 23.2 Å². The normalized spacial score (nSPS) is 23.1. The number of amides is 1. The van der Waals surface area contributed by atoms with E-state index in [1.807, 2.05) is 0 Å². The summed E-state index contributed by atoms with van der Waals surface area (Å²) in [6, 6.07) is 1.41. The van der Waals surface area contributed by atoms with Crippen molar-refractivity contribution in [3.8, 4) is 0 Å². The quantitative estimate of drug-likeness (QED) is 0.838. The van der Waals surface area contributed by atoms with Gasteiger partial charge in [-0.15, -0.1) is 0 Å². The molecule has 1 aliphatic rings. The van der Waals surface area contributed by atoms with Crippen LogP contribution in [0.4, 0.5) is 0 Å². The number of pyridine rings is 1. The van der Waals surface area contributed by atoms with Gasteiger partial charge < -0.3 is 10.4 Å². The fourth-order valence-electron chi connectivity index (χ4n) is 1.66. The van der Waals surface area contributed by atoms with Gasteiger partial charge in [-0.2, -0.15) is 11.8 Å². The van der Waals surface area contributed by atoms with Crippen LogP contribution in [0.3, 0.4) is 0 Å². The van der Waals surface area contributed by atoms with Crippen LogP contribution in [0, 0.1) is 0 Å². The van der Waals surface area contributed by atoms with Gasteiger partial charge in [0, 0.05) is 18.5 Å². The number of aliphatic hydroxyl groups is 1. The van der Waals surface area contributed by atoms with Crippen LogP contribution in [0.5, 0.6) is 0 Å². The molecule has 1 aromatic heterocycles. The highest BCUT2D eigenvalue weighted by atomic mass is 35.5. The van der Waals surface area contributed by atoms with Gasteiger partial charge in [-0.1, -0.05) is 23.2 Å². The van der Waals surface area contributed by atoms with Gasteiger partial charge in [0.1, 0.15) is 5.15 Å². The summed E-state index contributed by atoms with van der Waals surface area (Å²) in [5.41, 5.74) is -0.546. The van der Waals surface area contributed by atoms with Crippen LogP contribution < -0.4 is 5.32 Å². The Morgan fingerprint density at radius 2 is 2.39 bits per heavy atom. The zero-order chi connectivity index (χ0) is 13.2. The molecule has 2 rings (SSSR count). The Balaban J connectivity index is 2.01. The first-order chi connectivity index (χ1) is 8.50. The third-order valence-corrected chi connectivity index (χ3v) is 4.47. The molecule has 18 heavy (non-hydrogen) atoms. The number of carbonyl (C=O) groups excluding carboxylic acids is 1. The summed E-state index contributed by atoms with van der Waals surface area (Å²) in [5, 5.41) is 13.2. The van der Waals surface area contributed by atoms with Crippen LogP contribution in [0.15, 0.2) is 12.3 Å². The SMILES string of the molecule is O=C(NC[C@@]1(O)CCSC1)c1cc(Cl)ncc1Cl. The lowest BCUT2D eigenvalue weighted by Gasteiger charge is -2.21. The summed E-state index contributed by atoms with van der Waals surface area (Å²) in [5.74, 6) is 1.20. The highest BCUT2D eigenvalue weighted by Crippen LogP contribution is 2.27. The van der Waals surface area contributed by atoms with Gasteiger partial charge in [0.25, 0.3) is 5.91 Å². The summed E-state index contributed by atoms with van der Waals surface area (Å²) in [7, 11) is 0. The van der Waals surface area contributed by atoms with Gasteiger partial charge in [-0.3, -0.25) is 4.79 Å². The van der Waals surface area contributed by atoms with E-state index in [2.05, 4.69) is 10.3 Å². The van der Waals surface area contributed by atoms with Gasteiger partial charge in [0.15, 0.2) is 0 Å². The number of rotatable bonds is 3. The minimum atomic E-state index is -0.816. The molecule has 0 aliphatic carbocycles. The van der Waals surface area contributed by atoms with Crippen LogP contribution in [-0.4, -0.2) is 39.6 Å². The molecule has 0 bridgehead atoms. The minimum Gasteiger partial charge on any atom is -0.387 e. The lowest BCUT2D eigenvalue weighted by Crippen LogP contribution is -2.43. The van der Waals surface area contributed by atoms with E-state index in [0.29, 0.717) is 12.2 Å². The smallest absolute Gasteiger partial charge is 0.253 e. The first-order valence-electron chi connectivity index (χ1n) is 5.40. The van der Waals surface area contributed by atoms with Crippen molar-refractivity contribution in [3.63, 3.8) is 0 Å². The third-order valence-electron chi connectivity index (χ3n) is 2.73. The average molecular weight is 307 g/mol. The topological polar surface area (TPSA) is 62.2 Å². The number of nitrogens with zero attached hydrogens (tertiary/aromatic N) is 1. The molecule has 0 aromatic carbocycles. The molecule has 0 radical (unpaired) electrons. The van der Waals surface area contributed by atoms with Crippen molar-refractivity contribution in [2.24, 2.45) is 0 Å². The van der Waals surface area contributed by atoms with Crippen molar-refractivity contribution in [3.05, 3.63) is 28.0 Å². The van der Waals surface area contributed by atoms with Gasteiger partial charge in [0.05, 0.1) is 16.2 Å². The zero-order valence-corrected chi connectivity index (χ0v) is 11.8. The van der Waals surface area contributed by atoms with Crippen molar-refractivity contribution >= 4 is 40.9 Å². The lowest BCUT2D eigenvalue weighted by atomic mass is 10.0. The maximum Gasteiger partial charge on any atom is 0.253 e. The van der Waals surface area contributed by atoms with E-state index < -0.39 is 5.60 Å². The first-order valence-corrected chi connectivity index (χ1v) is 7.31. The summed E-state index contributed by atoms with van der Waals surface area (Å²) >= 11 is 13.3.